The summed E-state index contributed by atoms with van der Waals surface area (Å²) in [5, 5.41) is 5.76. The van der Waals surface area contributed by atoms with Crippen LogP contribution >= 0.6 is 12.2 Å². The molecule has 0 atom stereocenters. The maximum absolute atomic E-state index is 11.8. The monoisotopic (exact) mass is 371 g/mol. The van der Waals surface area contributed by atoms with Crippen molar-refractivity contribution in [1.29, 1.82) is 0 Å². The summed E-state index contributed by atoms with van der Waals surface area (Å²) in [5.41, 5.74) is 4.57. The Labute approximate surface area is 163 Å². The van der Waals surface area contributed by atoms with Crippen molar-refractivity contribution in [3.8, 4) is 0 Å². The lowest BCUT2D eigenvalue weighted by Crippen LogP contribution is -2.21. The molecule has 3 aromatic carbocycles. The van der Waals surface area contributed by atoms with Gasteiger partial charge in [-0.05, 0) is 60.3 Å². The third-order valence-corrected chi connectivity index (χ3v) is 4.42. The fraction of sp³-hybridized carbons (Fsp3) is 0. The maximum atomic E-state index is 11.8. The Hall–Kier alpha value is -3.44. The van der Waals surface area contributed by atoms with Crippen LogP contribution in [0.3, 0.4) is 0 Å². The minimum absolute atomic E-state index is 0.209. The Morgan fingerprint density at radius 1 is 0.704 bits per heavy atom. The molecule has 0 aliphatic carbocycles. The van der Waals surface area contributed by atoms with Gasteiger partial charge in [0.15, 0.2) is 5.11 Å². The first-order valence-electron chi connectivity index (χ1n) is 8.55. The molecule has 2 N–H and O–H groups in total. The Balaban J connectivity index is 1.69. The molecular formula is C22H17N3OS. The molecule has 1 aliphatic rings. The molecule has 4 nitrogen and oxygen atoms in total. The number of thiocarbonyl (C=S) groups is 1. The zero-order valence-electron chi connectivity index (χ0n) is 14.4. The molecule has 5 heteroatoms. The lowest BCUT2D eigenvalue weighted by atomic mass is 10.1. The highest BCUT2D eigenvalue weighted by Crippen LogP contribution is 2.34. The van der Waals surface area contributed by atoms with E-state index in [0.29, 0.717) is 10.8 Å². The van der Waals surface area contributed by atoms with E-state index in [0.717, 1.165) is 22.6 Å². The summed E-state index contributed by atoms with van der Waals surface area (Å²) in [6.45, 7) is 0. The summed E-state index contributed by atoms with van der Waals surface area (Å²) in [4.78, 5) is 14.0. The van der Waals surface area contributed by atoms with Crippen LogP contribution in [-0.4, -0.2) is 11.0 Å². The molecule has 0 unspecified atom stereocenters. The zero-order valence-corrected chi connectivity index (χ0v) is 15.2. The van der Waals surface area contributed by atoms with Crippen molar-refractivity contribution in [1.82, 2.24) is 10.6 Å². The van der Waals surface area contributed by atoms with Crippen LogP contribution in [-0.2, 0) is 4.79 Å². The van der Waals surface area contributed by atoms with Crippen LogP contribution < -0.4 is 15.5 Å². The molecule has 1 amide bonds. The number of nitrogens with zero attached hydrogens (tertiary/aromatic N) is 1. The Morgan fingerprint density at radius 2 is 1.22 bits per heavy atom. The van der Waals surface area contributed by atoms with Crippen molar-refractivity contribution < 1.29 is 4.79 Å². The van der Waals surface area contributed by atoms with Gasteiger partial charge in [0.25, 0.3) is 5.91 Å². The largest absolute Gasteiger partial charge is 0.328 e. The second kappa shape index (κ2) is 7.43. The number of nitrogens with one attached hydrogen (secondary N) is 2. The zero-order chi connectivity index (χ0) is 18.6. The fourth-order valence-corrected chi connectivity index (χ4v) is 3.17. The van der Waals surface area contributed by atoms with Gasteiger partial charge in [-0.1, -0.05) is 48.5 Å². The highest BCUT2D eigenvalue weighted by Gasteiger charge is 2.19. The van der Waals surface area contributed by atoms with Gasteiger partial charge in [-0.3, -0.25) is 10.1 Å². The molecule has 132 valence electrons. The van der Waals surface area contributed by atoms with Gasteiger partial charge in [0.1, 0.15) is 5.70 Å². The SMILES string of the molecule is O=C1NC(=S)NC1=Cc1ccc(N(c2ccccc2)c2ccccc2)cc1. The Kier molecular flexibility index (Phi) is 4.68. The third kappa shape index (κ3) is 3.73. The number of amides is 1. The normalized spacial score (nSPS) is 14.7. The molecule has 0 bridgehead atoms. The molecule has 0 spiro atoms. The van der Waals surface area contributed by atoms with Gasteiger partial charge in [0, 0.05) is 17.1 Å². The van der Waals surface area contributed by atoms with Crippen LogP contribution in [0.15, 0.2) is 90.6 Å². The Bertz CT molecular complexity index is 959. The quantitative estimate of drug-likeness (QED) is 0.523. The van der Waals surface area contributed by atoms with Gasteiger partial charge in [-0.25, -0.2) is 0 Å². The van der Waals surface area contributed by atoms with Crippen molar-refractivity contribution in [3.05, 3.63) is 96.2 Å². The first-order valence-corrected chi connectivity index (χ1v) is 8.96. The van der Waals surface area contributed by atoms with E-state index in [1.165, 1.54) is 0 Å². The van der Waals surface area contributed by atoms with Crippen LogP contribution in [0.4, 0.5) is 17.1 Å². The maximum Gasteiger partial charge on any atom is 0.273 e. The average molecular weight is 371 g/mol. The first-order chi connectivity index (χ1) is 13.2. The second-order valence-corrected chi connectivity index (χ2v) is 6.47. The molecule has 27 heavy (non-hydrogen) atoms. The third-order valence-electron chi connectivity index (χ3n) is 4.21. The predicted molar refractivity (Wildman–Crippen MR) is 113 cm³/mol. The molecule has 1 aliphatic heterocycles. The summed E-state index contributed by atoms with van der Waals surface area (Å²) in [5.74, 6) is -0.209. The highest BCUT2D eigenvalue weighted by molar-refractivity contribution is 7.80. The number of benzene rings is 3. The topological polar surface area (TPSA) is 44.4 Å². The number of rotatable bonds is 4. The summed E-state index contributed by atoms with van der Waals surface area (Å²) in [6, 6.07) is 28.5. The minimum atomic E-state index is -0.209. The molecule has 0 radical (unpaired) electrons. The number of hydrogen-bond donors (Lipinski definition) is 2. The number of hydrogen-bond acceptors (Lipinski definition) is 3. The first kappa shape index (κ1) is 17.0. The van der Waals surface area contributed by atoms with Crippen LogP contribution in [0.5, 0.6) is 0 Å². The predicted octanol–water partition coefficient (Wildman–Crippen LogP) is 4.50. The molecule has 1 fully saturated rings. The second-order valence-electron chi connectivity index (χ2n) is 6.06. The number of carbonyl (C=O) groups is 1. The Morgan fingerprint density at radius 3 is 1.70 bits per heavy atom. The number of para-hydroxylation sites is 2. The van der Waals surface area contributed by atoms with Crippen molar-refractivity contribution >= 4 is 46.4 Å². The van der Waals surface area contributed by atoms with Crippen LogP contribution in [0.1, 0.15) is 5.56 Å². The lowest BCUT2D eigenvalue weighted by Gasteiger charge is -2.25. The summed E-state index contributed by atoms with van der Waals surface area (Å²) in [7, 11) is 0. The van der Waals surface area contributed by atoms with E-state index in [-0.39, 0.29) is 5.91 Å². The van der Waals surface area contributed by atoms with Gasteiger partial charge in [-0.2, -0.15) is 0 Å². The van der Waals surface area contributed by atoms with Crippen molar-refractivity contribution in [3.63, 3.8) is 0 Å². The average Bonchev–Trinajstić information content (AvgIpc) is 3.02. The summed E-state index contributed by atoms with van der Waals surface area (Å²) >= 11 is 4.96. The summed E-state index contributed by atoms with van der Waals surface area (Å²) in [6.07, 6.45) is 1.79. The molecule has 1 heterocycles. The van der Waals surface area contributed by atoms with Crippen LogP contribution in [0.2, 0.25) is 0 Å². The van der Waals surface area contributed by atoms with Gasteiger partial charge in [0.05, 0.1) is 0 Å². The molecule has 1 saturated heterocycles. The lowest BCUT2D eigenvalue weighted by molar-refractivity contribution is -0.115. The highest BCUT2D eigenvalue weighted by atomic mass is 32.1. The smallest absolute Gasteiger partial charge is 0.273 e. The van der Waals surface area contributed by atoms with E-state index in [9.17, 15) is 4.79 Å². The number of carbonyl (C=O) groups excluding carboxylic acids is 1. The summed E-state index contributed by atoms with van der Waals surface area (Å²) < 4.78 is 0. The molecule has 0 aromatic heterocycles. The van der Waals surface area contributed by atoms with Crippen LogP contribution in [0.25, 0.3) is 6.08 Å². The van der Waals surface area contributed by atoms with E-state index in [4.69, 9.17) is 12.2 Å². The van der Waals surface area contributed by atoms with Crippen molar-refractivity contribution in [2.45, 2.75) is 0 Å². The van der Waals surface area contributed by atoms with Crippen LogP contribution in [0, 0.1) is 0 Å². The molecular weight excluding hydrogens is 354 g/mol. The molecule has 3 aromatic rings. The van der Waals surface area contributed by atoms with Crippen molar-refractivity contribution in [2.24, 2.45) is 0 Å². The fourth-order valence-electron chi connectivity index (χ4n) is 2.97. The van der Waals surface area contributed by atoms with Gasteiger partial charge >= 0.3 is 0 Å². The van der Waals surface area contributed by atoms with Gasteiger partial charge in [-0.15, -0.1) is 0 Å². The van der Waals surface area contributed by atoms with E-state index in [1.54, 1.807) is 6.08 Å². The number of anilines is 3. The standard InChI is InChI=1S/C22H17N3OS/c26-21-20(23-22(27)24-21)15-16-11-13-19(14-12-16)25(17-7-3-1-4-8-17)18-9-5-2-6-10-18/h1-15H,(H2,23,24,26,27). The minimum Gasteiger partial charge on any atom is -0.328 e. The van der Waals surface area contributed by atoms with Crippen molar-refractivity contribution in [2.75, 3.05) is 4.90 Å². The van der Waals surface area contributed by atoms with E-state index in [1.807, 2.05) is 60.7 Å². The molecule has 0 saturated carbocycles. The van der Waals surface area contributed by atoms with E-state index < -0.39 is 0 Å². The van der Waals surface area contributed by atoms with Gasteiger partial charge in [0.2, 0.25) is 0 Å². The van der Waals surface area contributed by atoms with E-state index in [2.05, 4.69) is 39.8 Å². The molecule has 4 rings (SSSR count). The van der Waals surface area contributed by atoms with Gasteiger partial charge < -0.3 is 10.2 Å². The van der Waals surface area contributed by atoms with E-state index >= 15 is 0 Å².